The third-order valence-electron chi connectivity index (χ3n) is 6.43. The third kappa shape index (κ3) is 2.67. The Hall–Kier alpha value is -2.53. The molecule has 2 aromatic rings. The van der Waals surface area contributed by atoms with Crippen molar-refractivity contribution in [2.24, 2.45) is 11.8 Å². The number of benzene rings is 1. The van der Waals surface area contributed by atoms with Crippen molar-refractivity contribution in [2.45, 2.75) is 29.8 Å². The number of aromatic nitrogens is 3. The van der Waals surface area contributed by atoms with Gasteiger partial charge in [0.2, 0.25) is 10.0 Å². The minimum Gasteiger partial charge on any atom is -0.495 e. The van der Waals surface area contributed by atoms with E-state index < -0.39 is 15.8 Å². The zero-order valence-corrected chi connectivity index (χ0v) is 16.5. The molecule has 3 saturated heterocycles. The number of halogens is 1. The standard InChI is InChI=1S/C18H20FN5O4S/c1-28-16-6-10(19)2-5-17(16)29(26,27)24-14-3-4-15(24)12-9-23(8-11(12)14)18(25)13-7-20-22-21-13/h2,5-7,11-12,14-15H,3-4,8-9H2,1H3,(H,20,21,22)/t11-,12+,14+,15-. The number of hydrogen-bond donors (Lipinski definition) is 1. The van der Waals surface area contributed by atoms with E-state index in [1.54, 1.807) is 9.21 Å². The van der Waals surface area contributed by atoms with Crippen LogP contribution in [0.5, 0.6) is 5.75 Å². The largest absolute Gasteiger partial charge is 0.495 e. The molecule has 4 atom stereocenters. The number of aromatic amines is 1. The number of likely N-dealkylation sites (tertiary alicyclic amines) is 1. The van der Waals surface area contributed by atoms with Crippen LogP contribution in [0, 0.1) is 17.7 Å². The molecular formula is C18H20FN5O4S. The van der Waals surface area contributed by atoms with Crippen LogP contribution in [0.2, 0.25) is 0 Å². The van der Waals surface area contributed by atoms with Crippen LogP contribution in [0.1, 0.15) is 23.3 Å². The lowest BCUT2D eigenvalue weighted by atomic mass is 9.82. The minimum absolute atomic E-state index is 0.00464. The Kier molecular flexibility index (Phi) is 4.14. The molecule has 3 aliphatic rings. The number of carbonyl (C=O) groups excluding carboxylic acids is 1. The summed E-state index contributed by atoms with van der Waals surface area (Å²) in [7, 11) is -2.52. The van der Waals surface area contributed by atoms with Crippen LogP contribution in [0.25, 0.3) is 0 Å². The quantitative estimate of drug-likeness (QED) is 0.785. The van der Waals surface area contributed by atoms with Gasteiger partial charge in [-0.15, -0.1) is 5.10 Å². The summed E-state index contributed by atoms with van der Waals surface area (Å²) < 4.78 is 47.1. The molecule has 0 radical (unpaired) electrons. The van der Waals surface area contributed by atoms with E-state index in [2.05, 4.69) is 15.4 Å². The normalized spacial score (nSPS) is 28.7. The maximum atomic E-state index is 13.6. The summed E-state index contributed by atoms with van der Waals surface area (Å²) in [4.78, 5) is 14.3. The van der Waals surface area contributed by atoms with Gasteiger partial charge < -0.3 is 9.64 Å². The summed E-state index contributed by atoms with van der Waals surface area (Å²) in [5, 5.41) is 9.82. The van der Waals surface area contributed by atoms with Crippen LogP contribution in [0.4, 0.5) is 4.39 Å². The van der Waals surface area contributed by atoms with E-state index in [9.17, 15) is 17.6 Å². The van der Waals surface area contributed by atoms with E-state index >= 15 is 0 Å². The molecule has 0 unspecified atom stereocenters. The van der Waals surface area contributed by atoms with Gasteiger partial charge in [-0.2, -0.15) is 4.31 Å². The van der Waals surface area contributed by atoms with E-state index in [0.717, 1.165) is 25.0 Å². The number of nitrogens with zero attached hydrogens (tertiary/aromatic N) is 4. The minimum atomic E-state index is -3.85. The molecular weight excluding hydrogens is 401 g/mol. The molecule has 9 nitrogen and oxygen atoms in total. The maximum absolute atomic E-state index is 13.6. The first-order valence-corrected chi connectivity index (χ1v) is 10.9. The molecule has 0 saturated carbocycles. The number of nitrogens with one attached hydrogen (secondary N) is 1. The second-order valence-electron chi connectivity index (χ2n) is 7.75. The fourth-order valence-corrected chi connectivity index (χ4v) is 7.38. The number of hydrogen-bond acceptors (Lipinski definition) is 6. The number of ether oxygens (including phenoxy) is 1. The lowest BCUT2D eigenvalue weighted by Gasteiger charge is -2.27. The average Bonchev–Trinajstić information content (AvgIpc) is 3.48. The van der Waals surface area contributed by atoms with Crippen molar-refractivity contribution in [3.8, 4) is 5.75 Å². The van der Waals surface area contributed by atoms with Crippen molar-refractivity contribution in [1.82, 2.24) is 24.6 Å². The van der Waals surface area contributed by atoms with Gasteiger partial charge in [-0.05, 0) is 36.8 Å². The summed E-state index contributed by atoms with van der Waals surface area (Å²) in [6, 6.07) is 3.13. The van der Waals surface area contributed by atoms with Crippen LogP contribution in [-0.4, -0.2) is 71.2 Å². The molecule has 1 N–H and O–H groups in total. The van der Waals surface area contributed by atoms with Crippen molar-refractivity contribution in [2.75, 3.05) is 20.2 Å². The molecule has 29 heavy (non-hydrogen) atoms. The van der Waals surface area contributed by atoms with E-state index in [1.807, 2.05) is 0 Å². The van der Waals surface area contributed by atoms with Gasteiger partial charge in [0.1, 0.15) is 22.2 Å². The Morgan fingerprint density at radius 1 is 1.24 bits per heavy atom. The van der Waals surface area contributed by atoms with Gasteiger partial charge in [-0.3, -0.25) is 9.89 Å². The highest BCUT2D eigenvalue weighted by atomic mass is 32.2. The molecule has 11 heteroatoms. The molecule has 1 amide bonds. The SMILES string of the molecule is COc1cc(F)ccc1S(=O)(=O)N1[C@@H]2CC[C@H]1[C@@H]1CN(C(=O)c3cnn[nH]3)C[C@@H]12. The first-order chi connectivity index (χ1) is 13.9. The van der Waals surface area contributed by atoms with E-state index in [4.69, 9.17) is 4.74 Å². The molecule has 3 fully saturated rings. The zero-order chi connectivity index (χ0) is 20.3. The van der Waals surface area contributed by atoms with Gasteiger partial charge in [0.15, 0.2) is 0 Å². The van der Waals surface area contributed by atoms with Crippen molar-refractivity contribution in [3.63, 3.8) is 0 Å². The van der Waals surface area contributed by atoms with Crippen LogP contribution in [-0.2, 0) is 10.0 Å². The van der Waals surface area contributed by atoms with Crippen LogP contribution < -0.4 is 4.74 Å². The lowest BCUT2D eigenvalue weighted by Crippen LogP contribution is -2.41. The smallest absolute Gasteiger partial charge is 0.273 e. The van der Waals surface area contributed by atoms with Crippen LogP contribution in [0.3, 0.4) is 0 Å². The number of rotatable bonds is 4. The number of carbonyl (C=O) groups is 1. The average molecular weight is 421 g/mol. The Morgan fingerprint density at radius 2 is 1.93 bits per heavy atom. The van der Waals surface area contributed by atoms with Crippen molar-refractivity contribution in [3.05, 3.63) is 35.9 Å². The molecule has 1 aromatic carbocycles. The summed E-state index contributed by atoms with van der Waals surface area (Å²) in [6.07, 6.45) is 2.90. The zero-order valence-electron chi connectivity index (χ0n) is 15.7. The first kappa shape index (κ1) is 18.5. The molecule has 5 rings (SSSR count). The predicted octanol–water partition coefficient (Wildman–Crippen LogP) is 0.876. The van der Waals surface area contributed by atoms with Crippen LogP contribution in [0.15, 0.2) is 29.3 Å². The topological polar surface area (TPSA) is 108 Å². The number of fused-ring (bicyclic) bond motifs is 5. The van der Waals surface area contributed by atoms with Gasteiger partial charge in [0.25, 0.3) is 5.91 Å². The fraction of sp³-hybridized carbons (Fsp3) is 0.500. The highest BCUT2D eigenvalue weighted by Gasteiger charge is 2.61. The lowest BCUT2D eigenvalue weighted by molar-refractivity contribution is 0.0767. The van der Waals surface area contributed by atoms with Gasteiger partial charge in [-0.1, -0.05) is 5.21 Å². The highest BCUT2D eigenvalue weighted by molar-refractivity contribution is 7.89. The van der Waals surface area contributed by atoms with E-state index in [-0.39, 0.29) is 40.5 Å². The number of amides is 1. The first-order valence-electron chi connectivity index (χ1n) is 9.44. The third-order valence-corrected chi connectivity index (χ3v) is 8.42. The molecule has 0 spiro atoms. The number of methoxy groups -OCH3 is 1. The second kappa shape index (κ2) is 6.49. The van der Waals surface area contributed by atoms with Crippen molar-refractivity contribution < 1.29 is 22.3 Å². The molecule has 4 heterocycles. The number of sulfonamides is 1. The molecule has 0 aliphatic carbocycles. The highest BCUT2D eigenvalue weighted by Crippen LogP contribution is 2.52. The molecule has 154 valence electrons. The van der Waals surface area contributed by atoms with Gasteiger partial charge in [0, 0.05) is 31.2 Å². The monoisotopic (exact) mass is 421 g/mol. The molecule has 2 bridgehead atoms. The van der Waals surface area contributed by atoms with E-state index in [0.29, 0.717) is 18.8 Å². The van der Waals surface area contributed by atoms with E-state index in [1.165, 1.54) is 19.4 Å². The Balaban J connectivity index is 1.43. The van der Waals surface area contributed by atoms with Crippen molar-refractivity contribution in [1.29, 1.82) is 0 Å². The maximum Gasteiger partial charge on any atom is 0.273 e. The van der Waals surface area contributed by atoms with Gasteiger partial charge in [0.05, 0.1) is 13.3 Å². The summed E-state index contributed by atoms with van der Waals surface area (Å²) in [5.74, 6) is -0.558. The summed E-state index contributed by atoms with van der Waals surface area (Å²) in [6.45, 7) is 0.993. The Morgan fingerprint density at radius 3 is 2.52 bits per heavy atom. The van der Waals surface area contributed by atoms with Gasteiger partial charge >= 0.3 is 0 Å². The molecule has 1 aromatic heterocycles. The predicted molar refractivity (Wildman–Crippen MR) is 98.1 cm³/mol. The van der Waals surface area contributed by atoms with Crippen molar-refractivity contribution >= 4 is 15.9 Å². The molecule has 3 aliphatic heterocycles. The summed E-state index contributed by atoms with van der Waals surface area (Å²) in [5.41, 5.74) is 0.331. The van der Waals surface area contributed by atoms with Crippen LogP contribution >= 0.6 is 0 Å². The Bertz CT molecular complexity index is 1040. The van der Waals surface area contributed by atoms with Gasteiger partial charge in [-0.25, -0.2) is 12.8 Å². The fourth-order valence-electron chi connectivity index (χ4n) is 5.28. The Labute approximate surface area is 166 Å². The summed E-state index contributed by atoms with van der Waals surface area (Å²) >= 11 is 0. The second-order valence-corrected chi connectivity index (χ2v) is 9.56. The number of H-pyrrole nitrogens is 1.